The first-order valence-corrected chi connectivity index (χ1v) is 8.83. The van der Waals surface area contributed by atoms with E-state index in [4.69, 9.17) is 0 Å². The first kappa shape index (κ1) is 15.9. The number of carbonyl (C=O) groups is 1. The van der Waals surface area contributed by atoms with Crippen LogP contribution in [0, 0.1) is 13.8 Å². The molecule has 5 heteroatoms. The van der Waals surface area contributed by atoms with Crippen LogP contribution in [0.4, 0.5) is 0 Å². The van der Waals surface area contributed by atoms with Crippen LogP contribution in [0.2, 0.25) is 0 Å². The largest absolute Gasteiger partial charge is 0.293 e. The predicted molar refractivity (Wildman–Crippen MR) is 86.4 cm³/mol. The Morgan fingerprint density at radius 1 is 1.10 bits per heavy atom. The fourth-order valence-electron chi connectivity index (χ4n) is 2.03. The van der Waals surface area contributed by atoms with E-state index in [0.717, 1.165) is 11.1 Å². The minimum absolute atomic E-state index is 0.149. The fraction of sp³-hybridized carbons (Fsp3) is 0.188. The Labute approximate surface area is 133 Å². The zero-order valence-corrected chi connectivity index (χ0v) is 14.2. The number of ketones is 1. The summed E-state index contributed by atoms with van der Waals surface area (Å²) in [6, 6.07) is 11.8. The molecule has 110 valence electrons. The van der Waals surface area contributed by atoms with E-state index in [1.54, 1.807) is 25.1 Å². The van der Waals surface area contributed by atoms with E-state index >= 15 is 0 Å². The number of aryl methyl sites for hydroxylation is 2. The zero-order valence-electron chi connectivity index (χ0n) is 11.8. The summed E-state index contributed by atoms with van der Waals surface area (Å²) >= 11 is 3.24. The quantitative estimate of drug-likeness (QED) is 0.774. The molecule has 0 atom stereocenters. The van der Waals surface area contributed by atoms with Gasteiger partial charge in [-0.3, -0.25) is 4.79 Å². The molecule has 0 amide bonds. The van der Waals surface area contributed by atoms with Crippen LogP contribution in [-0.2, 0) is 9.84 Å². The smallest absolute Gasteiger partial charge is 0.185 e. The second-order valence-electron chi connectivity index (χ2n) is 4.96. The Morgan fingerprint density at radius 2 is 1.81 bits per heavy atom. The summed E-state index contributed by atoms with van der Waals surface area (Å²) in [6.45, 7) is 3.68. The molecule has 2 aromatic carbocycles. The molecule has 0 spiro atoms. The molecular formula is C16H15BrO3S. The molecule has 2 rings (SSSR count). The van der Waals surface area contributed by atoms with Crippen LogP contribution in [0.25, 0.3) is 0 Å². The first-order valence-electron chi connectivity index (χ1n) is 6.38. The van der Waals surface area contributed by atoms with Gasteiger partial charge in [0, 0.05) is 10.0 Å². The lowest BCUT2D eigenvalue weighted by molar-refractivity contribution is 0.102. The van der Waals surface area contributed by atoms with Crippen molar-refractivity contribution >= 4 is 31.6 Å². The van der Waals surface area contributed by atoms with E-state index in [0.29, 0.717) is 10.0 Å². The summed E-state index contributed by atoms with van der Waals surface area (Å²) in [5.41, 5.74) is 2.19. The molecule has 0 saturated heterocycles. The SMILES string of the molecule is Cc1ccc(C)c(C(=O)CS(=O)(=O)c2cccc(Br)c2)c1. The van der Waals surface area contributed by atoms with E-state index in [9.17, 15) is 13.2 Å². The lowest BCUT2D eigenvalue weighted by atomic mass is 10.0. The van der Waals surface area contributed by atoms with Crippen molar-refractivity contribution in [3.63, 3.8) is 0 Å². The zero-order chi connectivity index (χ0) is 15.6. The van der Waals surface area contributed by atoms with Crippen LogP contribution < -0.4 is 0 Å². The van der Waals surface area contributed by atoms with E-state index < -0.39 is 15.6 Å². The summed E-state index contributed by atoms with van der Waals surface area (Å²) in [4.78, 5) is 12.4. The number of hydrogen-bond acceptors (Lipinski definition) is 3. The Kier molecular flexibility index (Phi) is 4.64. The first-order chi connectivity index (χ1) is 9.79. The Morgan fingerprint density at radius 3 is 2.48 bits per heavy atom. The minimum atomic E-state index is -3.64. The molecule has 0 N–H and O–H groups in total. The summed E-state index contributed by atoms with van der Waals surface area (Å²) in [6.07, 6.45) is 0. The van der Waals surface area contributed by atoms with Crippen molar-refractivity contribution in [1.82, 2.24) is 0 Å². The molecule has 0 fully saturated rings. The van der Waals surface area contributed by atoms with Crippen LogP contribution >= 0.6 is 15.9 Å². The number of Topliss-reactive ketones (excluding diaryl/α,β-unsaturated/α-hetero) is 1. The molecular weight excluding hydrogens is 352 g/mol. The molecule has 2 aromatic rings. The van der Waals surface area contributed by atoms with Gasteiger partial charge < -0.3 is 0 Å². The van der Waals surface area contributed by atoms with E-state index in [2.05, 4.69) is 15.9 Å². The van der Waals surface area contributed by atoms with Crippen molar-refractivity contribution in [2.45, 2.75) is 18.7 Å². The third-order valence-electron chi connectivity index (χ3n) is 3.17. The Balaban J connectivity index is 2.32. The number of carbonyl (C=O) groups excluding carboxylic acids is 1. The normalized spacial score (nSPS) is 11.4. The van der Waals surface area contributed by atoms with Crippen LogP contribution in [0.3, 0.4) is 0 Å². The molecule has 21 heavy (non-hydrogen) atoms. The highest BCUT2D eigenvalue weighted by atomic mass is 79.9. The van der Waals surface area contributed by atoms with Gasteiger partial charge in [0.15, 0.2) is 15.6 Å². The lowest BCUT2D eigenvalue weighted by Crippen LogP contribution is -2.17. The van der Waals surface area contributed by atoms with Crippen LogP contribution in [0.1, 0.15) is 21.5 Å². The average Bonchev–Trinajstić information content (AvgIpc) is 2.41. The highest BCUT2D eigenvalue weighted by molar-refractivity contribution is 9.10. The van der Waals surface area contributed by atoms with Gasteiger partial charge >= 0.3 is 0 Å². The summed E-state index contributed by atoms with van der Waals surface area (Å²) in [5.74, 6) is -0.899. The molecule has 0 aliphatic rings. The lowest BCUT2D eigenvalue weighted by Gasteiger charge is -2.08. The van der Waals surface area contributed by atoms with Crippen molar-refractivity contribution in [1.29, 1.82) is 0 Å². The Hall–Kier alpha value is -1.46. The summed E-state index contributed by atoms with van der Waals surface area (Å²) < 4.78 is 25.3. The fourth-order valence-corrected chi connectivity index (χ4v) is 3.84. The maximum Gasteiger partial charge on any atom is 0.185 e. The summed E-state index contributed by atoms with van der Waals surface area (Å²) in [5, 5.41) is 0. The van der Waals surface area contributed by atoms with Crippen molar-refractivity contribution in [2.24, 2.45) is 0 Å². The van der Waals surface area contributed by atoms with Gasteiger partial charge in [-0.2, -0.15) is 0 Å². The molecule has 0 aliphatic heterocycles. The third kappa shape index (κ3) is 3.80. The van der Waals surface area contributed by atoms with Gasteiger partial charge in [-0.25, -0.2) is 8.42 Å². The molecule has 3 nitrogen and oxygen atoms in total. The molecule has 0 bridgehead atoms. The van der Waals surface area contributed by atoms with Crippen molar-refractivity contribution in [3.05, 3.63) is 63.6 Å². The van der Waals surface area contributed by atoms with E-state index in [1.807, 2.05) is 19.1 Å². The van der Waals surface area contributed by atoms with E-state index in [1.165, 1.54) is 12.1 Å². The molecule has 0 aromatic heterocycles. The van der Waals surface area contributed by atoms with Crippen molar-refractivity contribution in [2.75, 3.05) is 5.75 Å². The molecule has 0 heterocycles. The predicted octanol–water partition coefficient (Wildman–Crippen LogP) is 3.72. The third-order valence-corrected chi connectivity index (χ3v) is 5.28. The maximum atomic E-state index is 12.3. The molecule has 0 unspecified atom stereocenters. The number of halogens is 1. The average molecular weight is 367 g/mol. The second-order valence-corrected chi connectivity index (χ2v) is 7.86. The van der Waals surface area contributed by atoms with Gasteiger partial charge in [-0.1, -0.05) is 39.7 Å². The summed E-state index contributed by atoms with van der Waals surface area (Å²) in [7, 11) is -3.64. The number of sulfone groups is 1. The van der Waals surface area contributed by atoms with E-state index in [-0.39, 0.29) is 10.7 Å². The van der Waals surface area contributed by atoms with Crippen LogP contribution in [0.5, 0.6) is 0 Å². The van der Waals surface area contributed by atoms with Gasteiger partial charge in [-0.15, -0.1) is 0 Å². The van der Waals surface area contributed by atoms with Crippen molar-refractivity contribution in [3.8, 4) is 0 Å². The Bertz CT molecular complexity index is 795. The highest BCUT2D eigenvalue weighted by Gasteiger charge is 2.21. The van der Waals surface area contributed by atoms with Crippen LogP contribution in [0.15, 0.2) is 51.8 Å². The van der Waals surface area contributed by atoms with Crippen LogP contribution in [-0.4, -0.2) is 20.0 Å². The van der Waals surface area contributed by atoms with Gasteiger partial charge in [0.25, 0.3) is 0 Å². The second kappa shape index (κ2) is 6.12. The van der Waals surface area contributed by atoms with Gasteiger partial charge in [0.2, 0.25) is 0 Å². The minimum Gasteiger partial charge on any atom is -0.293 e. The number of rotatable bonds is 4. The van der Waals surface area contributed by atoms with Gasteiger partial charge in [-0.05, 0) is 43.7 Å². The number of benzene rings is 2. The molecule has 0 aliphatic carbocycles. The monoisotopic (exact) mass is 366 g/mol. The standard InChI is InChI=1S/C16H15BrO3S/c1-11-6-7-12(2)15(8-11)16(18)10-21(19,20)14-5-3-4-13(17)9-14/h3-9H,10H2,1-2H3. The molecule has 0 radical (unpaired) electrons. The van der Waals surface area contributed by atoms with Gasteiger partial charge in [0.05, 0.1) is 4.90 Å². The topological polar surface area (TPSA) is 51.2 Å². The molecule has 0 saturated carbocycles. The van der Waals surface area contributed by atoms with Crippen molar-refractivity contribution < 1.29 is 13.2 Å². The highest BCUT2D eigenvalue weighted by Crippen LogP contribution is 2.19. The maximum absolute atomic E-state index is 12.3. The van der Waals surface area contributed by atoms with Gasteiger partial charge in [0.1, 0.15) is 5.75 Å². The number of hydrogen-bond donors (Lipinski definition) is 0.